The number of nitrogens with two attached hydrogens (primary N) is 2. The quantitative estimate of drug-likeness (QED) is 0.657. The smallest absolute Gasteiger partial charge is 0.252 e. The van der Waals surface area contributed by atoms with Crippen molar-refractivity contribution in [3.8, 4) is 5.75 Å². The van der Waals surface area contributed by atoms with Crippen LogP contribution in [0.1, 0.15) is 37.7 Å². The molecule has 2 fully saturated rings. The summed E-state index contributed by atoms with van der Waals surface area (Å²) in [5, 5.41) is 0. The van der Waals surface area contributed by atoms with Gasteiger partial charge in [0.1, 0.15) is 5.75 Å². The van der Waals surface area contributed by atoms with Gasteiger partial charge in [-0.1, -0.05) is 12.1 Å². The molecule has 0 saturated heterocycles. The van der Waals surface area contributed by atoms with E-state index in [1.54, 1.807) is 0 Å². The van der Waals surface area contributed by atoms with Crippen molar-refractivity contribution in [3.05, 3.63) is 29.8 Å². The summed E-state index contributed by atoms with van der Waals surface area (Å²) in [6.07, 6.45) is 3.38. The summed E-state index contributed by atoms with van der Waals surface area (Å²) in [6.45, 7) is 2.60. The molecule has 0 radical (unpaired) electrons. The Morgan fingerprint density at radius 2 is 2.09 bits per heavy atom. The van der Waals surface area contributed by atoms with Crippen molar-refractivity contribution in [1.82, 2.24) is 0 Å². The Kier molecular flexibility index (Phi) is 4.05. The Hall–Kier alpha value is -2.04. The van der Waals surface area contributed by atoms with Gasteiger partial charge in [-0.3, -0.25) is 4.79 Å². The van der Waals surface area contributed by atoms with Gasteiger partial charge in [0.2, 0.25) is 0 Å². The van der Waals surface area contributed by atoms with Gasteiger partial charge in [-0.15, -0.1) is 0 Å². The molecule has 5 nitrogen and oxygen atoms in total. The number of guanidine groups is 1. The Labute approximate surface area is 130 Å². The topological polar surface area (TPSA) is 90.7 Å². The molecule has 5 heteroatoms. The normalized spacial score (nSPS) is 29.3. The van der Waals surface area contributed by atoms with Gasteiger partial charge >= 0.3 is 0 Å². The maximum atomic E-state index is 12.5. The van der Waals surface area contributed by atoms with Crippen molar-refractivity contribution in [2.24, 2.45) is 34.2 Å². The minimum Gasteiger partial charge on any atom is -0.494 e. The summed E-state index contributed by atoms with van der Waals surface area (Å²) in [6, 6.07) is 8.09. The van der Waals surface area contributed by atoms with Gasteiger partial charge in [-0.2, -0.15) is 4.99 Å². The lowest BCUT2D eigenvalue weighted by Crippen LogP contribution is -2.31. The molecule has 2 saturated carbocycles. The van der Waals surface area contributed by atoms with Crippen LogP contribution in [0.3, 0.4) is 0 Å². The van der Waals surface area contributed by atoms with Crippen molar-refractivity contribution >= 4 is 11.9 Å². The fourth-order valence-electron chi connectivity index (χ4n) is 4.31. The Morgan fingerprint density at radius 3 is 2.82 bits per heavy atom. The number of carbonyl (C=O) groups excluding carboxylic acids is 1. The fourth-order valence-corrected chi connectivity index (χ4v) is 4.31. The first kappa shape index (κ1) is 14.9. The van der Waals surface area contributed by atoms with Crippen LogP contribution >= 0.6 is 0 Å². The molecule has 1 aromatic carbocycles. The monoisotopic (exact) mass is 301 g/mol. The molecule has 2 aliphatic carbocycles. The van der Waals surface area contributed by atoms with E-state index in [2.05, 4.69) is 17.1 Å². The molecule has 4 N–H and O–H groups in total. The molecule has 1 amide bonds. The van der Waals surface area contributed by atoms with Gasteiger partial charge in [0.05, 0.1) is 12.5 Å². The van der Waals surface area contributed by atoms with Crippen molar-refractivity contribution in [1.29, 1.82) is 0 Å². The number of aliphatic imine (C=N–C) groups is 1. The maximum Gasteiger partial charge on any atom is 0.252 e. The first-order valence-corrected chi connectivity index (χ1v) is 7.96. The van der Waals surface area contributed by atoms with Gasteiger partial charge in [0.25, 0.3) is 5.91 Å². The van der Waals surface area contributed by atoms with E-state index in [1.807, 2.05) is 19.1 Å². The largest absolute Gasteiger partial charge is 0.494 e. The van der Waals surface area contributed by atoms with Gasteiger partial charge in [-0.25, -0.2) is 0 Å². The molecule has 0 spiro atoms. The predicted octanol–water partition coefficient (Wildman–Crippen LogP) is 2.01. The maximum absolute atomic E-state index is 12.5. The number of carbonyl (C=O) groups is 1. The number of rotatable bonds is 4. The first-order chi connectivity index (χ1) is 10.6. The molecule has 0 heterocycles. The first-order valence-electron chi connectivity index (χ1n) is 7.96. The SMILES string of the molecule is CCOc1cccc([C@@H]2C3CCC(C3)[C@H]2C(=O)N=C(N)N)c1. The molecule has 1 aromatic rings. The van der Waals surface area contributed by atoms with Gasteiger partial charge < -0.3 is 16.2 Å². The van der Waals surface area contributed by atoms with E-state index in [0.29, 0.717) is 18.4 Å². The number of benzene rings is 1. The van der Waals surface area contributed by atoms with Crippen molar-refractivity contribution < 1.29 is 9.53 Å². The zero-order chi connectivity index (χ0) is 15.7. The molecule has 0 aliphatic heterocycles. The number of nitrogens with zero attached hydrogens (tertiary/aromatic N) is 1. The molecule has 2 bridgehead atoms. The van der Waals surface area contributed by atoms with Crippen LogP contribution in [0, 0.1) is 17.8 Å². The standard InChI is InChI=1S/C17H23N3O2/c1-2-22-13-5-3-4-10(9-13)14-11-6-7-12(8-11)15(14)16(21)20-17(18)19/h3-5,9,11-12,14-15H,2,6-8H2,1H3,(H4,18,19,20,21)/t11?,12?,14-,15-/m1/s1. The second-order valence-corrected chi connectivity index (χ2v) is 6.27. The van der Waals surface area contributed by atoms with Crippen molar-refractivity contribution in [2.45, 2.75) is 32.1 Å². The summed E-state index contributed by atoms with van der Waals surface area (Å²) < 4.78 is 5.59. The molecular weight excluding hydrogens is 278 g/mol. The Balaban J connectivity index is 1.91. The second-order valence-electron chi connectivity index (χ2n) is 6.27. The molecular formula is C17H23N3O2. The molecule has 22 heavy (non-hydrogen) atoms. The third kappa shape index (κ3) is 2.67. The Bertz CT molecular complexity index is 595. The summed E-state index contributed by atoms with van der Waals surface area (Å²) in [7, 11) is 0. The van der Waals surface area contributed by atoms with Crippen LogP contribution in [-0.4, -0.2) is 18.5 Å². The van der Waals surface area contributed by atoms with Crippen LogP contribution in [0.4, 0.5) is 0 Å². The van der Waals surface area contributed by atoms with Gasteiger partial charge in [-0.05, 0) is 61.6 Å². The third-order valence-corrected chi connectivity index (χ3v) is 4.99. The number of hydrogen-bond acceptors (Lipinski definition) is 2. The third-order valence-electron chi connectivity index (χ3n) is 4.99. The van der Waals surface area contributed by atoms with Gasteiger partial charge in [0, 0.05) is 0 Å². The van der Waals surface area contributed by atoms with E-state index in [1.165, 1.54) is 12.0 Å². The van der Waals surface area contributed by atoms with Crippen LogP contribution in [0.2, 0.25) is 0 Å². The van der Waals surface area contributed by atoms with E-state index < -0.39 is 0 Å². The second kappa shape index (κ2) is 5.99. The van der Waals surface area contributed by atoms with E-state index in [4.69, 9.17) is 16.2 Å². The fraction of sp³-hybridized carbons (Fsp3) is 0.529. The lowest BCUT2D eigenvalue weighted by atomic mass is 9.75. The minimum atomic E-state index is -0.168. The Morgan fingerprint density at radius 1 is 1.32 bits per heavy atom. The minimum absolute atomic E-state index is 0.0993. The van der Waals surface area contributed by atoms with Crippen LogP contribution in [0.25, 0.3) is 0 Å². The molecule has 4 atom stereocenters. The highest BCUT2D eigenvalue weighted by Gasteiger charge is 2.51. The van der Waals surface area contributed by atoms with E-state index in [0.717, 1.165) is 18.6 Å². The van der Waals surface area contributed by atoms with Crippen molar-refractivity contribution in [2.75, 3.05) is 6.61 Å². The number of ether oxygens (including phenoxy) is 1. The number of hydrogen-bond donors (Lipinski definition) is 2. The summed E-state index contributed by atoms with van der Waals surface area (Å²) in [4.78, 5) is 16.3. The highest BCUT2D eigenvalue weighted by molar-refractivity contribution is 5.93. The number of amides is 1. The molecule has 0 aromatic heterocycles. The highest BCUT2D eigenvalue weighted by Crippen LogP contribution is 2.57. The highest BCUT2D eigenvalue weighted by atomic mass is 16.5. The number of fused-ring (bicyclic) bond motifs is 2. The lowest BCUT2D eigenvalue weighted by Gasteiger charge is -2.29. The summed E-state index contributed by atoms with van der Waals surface area (Å²) in [5.74, 6) is 1.60. The van der Waals surface area contributed by atoms with Crippen LogP contribution in [0.5, 0.6) is 5.75 Å². The average Bonchev–Trinajstić information content (AvgIpc) is 3.07. The lowest BCUT2D eigenvalue weighted by molar-refractivity contribution is -0.123. The van der Waals surface area contributed by atoms with Crippen LogP contribution < -0.4 is 16.2 Å². The van der Waals surface area contributed by atoms with Crippen molar-refractivity contribution in [3.63, 3.8) is 0 Å². The molecule has 2 aliphatic rings. The van der Waals surface area contributed by atoms with Crippen LogP contribution in [0.15, 0.2) is 29.3 Å². The zero-order valence-corrected chi connectivity index (χ0v) is 12.9. The zero-order valence-electron chi connectivity index (χ0n) is 12.9. The molecule has 118 valence electrons. The van der Waals surface area contributed by atoms with Crippen LogP contribution in [-0.2, 0) is 4.79 Å². The molecule has 2 unspecified atom stereocenters. The summed E-state index contributed by atoms with van der Waals surface area (Å²) >= 11 is 0. The van der Waals surface area contributed by atoms with Gasteiger partial charge in [0.15, 0.2) is 5.96 Å². The summed E-state index contributed by atoms with van der Waals surface area (Å²) in [5.41, 5.74) is 12.0. The predicted molar refractivity (Wildman–Crippen MR) is 85.5 cm³/mol. The molecule has 3 rings (SSSR count). The van der Waals surface area contributed by atoms with E-state index >= 15 is 0 Å². The average molecular weight is 301 g/mol. The van der Waals surface area contributed by atoms with E-state index in [9.17, 15) is 4.79 Å². The van der Waals surface area contributed by atoms with E-state index in [-0.39, 0.29) is 23.7 Å².